The highest BCUT2D eigenvalue weighted by atomic mass is 16.5. The number of nitrogens with zero attached hydrogens (tertiary/aromatic N) is 3. The van der Waals surface area contributed by atoms with Crippen molar-refractivity contribution in [2.75, 3.05) is 5.32 Å². The minimum Gasteiger partial charge on any atom is -0.488 e. The first-order valence-electron chi connectivity index (χ1n) is 7.91. The zero-order valence-corrected chi connectivity index (χ0v) is 14.7. The molecule has 1 amide bonds. The molecule has 7 nitrogen and oxygen atoms in total. The largest absolute Gasteiger partial charge is 0.488 e. The Kier molecular flexibility index (Phi) is 4.56. The lowest BCUT2D eigenvalue weighted by atomic mass is 10.1. The van der Waals surface area contributed by atoms with Gasteiger partial charge in [0.25, 0.3) is 5.91 Å². The van der Waals surface area contributed by atoms with Crippen LogP contribution in [0.2, 0.25) is 0 Å². The average molecular weight is 340 g/mol. The molecular weight excluding hydrogens is 320 g/mol. The molecular formula is C18H20N4O3. The molecule has 3 aromatic rings. The number of hydrogen-bond donors (Lipinski definition) is 1. The van der Waals surface area contributed by atoms with E-state index in [1.54, 1.807) is 30.9 Å². The summed E-state index contributed by atoms with van der Waals surface area (Å²) in [7, 11) is 1.78. The molecule has 0 aliphatic rings. The number of ether oxygens (including phenoxy) is 1. The Morgan fingerprint density at radius 2 is 2.08 bits per heavy atom. The Labute approximate surface area is 145 Å². The lowest BCUT2D eigenvalue weighted by molar-refractivity contribution is 0.101. The highest BCUT2D eigenvalue weighted by molar-refractivity contribution is 6.03. The number of hydrogen-bond acceptors (Lipinski definition) is 5. The first-order valence-corrected chi connectivity index (χ1v) is 7.91. The third kappa shape index (κ3) is 3.55. The Bertz CT molecular complexity index is 911. The maximum Gasteiger partial charge on any atom is 0.279 e. The number of amides is 1. The third-order valence-electron chi connectivity index (χ3n) is 4.08. The summed E-state index contributed by atoms with van der Waals surface area (Å²) in [5.74, 6) is 1.40. The number of carbonyl (C=O) groups is 1. The molecule has 0 saturated heterocycles. The lowest BCUT2D eigenvalue weighted by Gasteiger charge is -2.11. The van der Waals surface area contributed by atoms with Crippen LogP contribution in [-0.4, -0.2) is 20.8 Å². The van der Waals surface area contributed by atoms with Gasteiger partial charge in [0.1, 0.15) is 18.1 Å². The molecule has 0 aliphatic carbocycles. The quantitative estimate of drug-likeness (QED) is 0.771. The van der Waals surface area contributed by atoms with Crippen LogP contribution in [0.1, 0.15) is 32.9 Å². The van der Waals surface area contributed by atoms with Crippen LogP contribution in [0.4, 0.5) is 5.82 Å². The predicted molar refractivity (Wildman–Crippen MR) is 92.6 cm³/mol. The van der Waals surface area contributed by atoms with Gasteiger partial charge in [0.15, 0.2) is 11.5 Å². The summed E-state index contributed by atoms with van der Waals surface area (Å²) in [6, 6.07) is 7.57. The number of aromatic nitrogens is 3. The van der Waals surface area contributed by atoms with Crippen LogP contribution < -0.4 is 10.1 Å². The fraction of sp³-hybridized carbons (Fsp3) is 0.278. The van der Waals surface area contributed by atoms with Gasteiger partial charge in [-0.15, -0.1) is 0 Å². The molecule has 7 heteroatoms. The van der Waals surface area contributed by atoms with Crippen LogP contribution in [0.3, 0.4) is 0 Å². The van der Waals surface area contributed by atoms with Gasteiger partial charge in [0.05, 0.1) is 5.56 Å². The number of benzene rings is 1. The van der Waals surface area contributed by atoms with E-state index >= 15 is 0 Å². The molecule has 0 spiro atoms. The van der Waals surface area contributed by atoms with Gasteiger partial charge in [-0.05, 0) is 38.0 Å². The summed E-state index contributed by atoms with van der Waals surface area (Å²) in [5.41, 5.74) is 3.03. The predicted octanol–water partition coefficient (Wildman–Crippen LogP) is 3.16. The maximum absolute atomic E-state index is 12.5. The molecule has 130 valence electrons. The zero-order chi connectivity index (χ0) is 18.0. The second-order valence-corrected chi connectivity index (χ2v) is 5.88. The van der Waals surface area contributed by atoms with Gasteiger partial charge in [-0.3, -0.25) is 9.48 Å². The van der Waals surface area contributed by atoms with E-state index in [1.807, 2.05) is 32.0 Å². The Balaban J connectivity index is 1.77. The summed E-state index contributed by atoms with van der Waals surface area (Å²) in [4.78, 5) is 12.5. The molecule has 0 saturated carbocycles. The van der Waals surface area contributed by atoms with Crippen LogP contribution in [0, 0.1) is 20.8 Å². The second-order valence-electron chi connectivity index (χ2n) is 5.88. The lowest BCUT2D eigenvalue weighted by Crippen LogP contribution is -2.16. The van der Waals surface area contributed by atoms with E-state index in [-0.39, 0.29) is 18.2 Å². The maximum atomic E-state index is 12.5. The van der Waals surface area contributed by atoms with Crippen molar-refractivity contribution >= 4 is 11.7 Å². The second kappa shape index (κ2) is 6.80. The minimum atomic E-state index is -0.380. The van der Waals surface area contributed by atoms with E-state index in [1.165, 1.54) is 0 Å². The van der Waals surface area contributed by atoms with Gasteiger partial charge < -0.3 is 14.6 Å². The van der Waals surface area contributed by atoms with Crippen molar-refractivity contribution in [1.29, 1.82) is 0 Å². The number of anilines is 1. The van der Waals surface area contributed by atoms with Gasteiger partial charge in [-0.1, -0.05) is 17.3 Å². The molecule has 0 unspecified atom stereocenters. The summed E-state index contributed by atoms with van der Waals surface area (Å²) in [6.07, 6.45) is 1.74. The van der Waals surface area contributed by atoms with E-state index in [0.29, 0.717) is 17.1 Å². The van der Waals surface area contributed by atoms with Crippen molar-refractivity contribution in [1.82, 2.24) is 14.9 Å². The normalized spacial score (nSPS) is 10.7. The molecule has 25 heavy (non-hydrogen) atoms. The SMILES string of the molecule is Cc1cccc(OCc2c(C(=O)Nc3ccn(C)n3)noc2C)c1C. The van der Waals surface area contributed by atoms with Crippen molar-refractivity contribution in [2.24, 2.45) is 7.05 Å². The van der Waals surface area contributed by atoms with Crippen molar-refractivity contribution in [3.63, 3.8) is 0 Å². The molecule has 1 aromatic carbocycles. The highest BCUT2D eigenvalue weighted by Crippen LogP contribution is 2.23. The van der Waals surface area contributed by atoms with Gasteiger partial charge in [0.2, 0.25) is 0 Å². The first kappa shape index (κ1) is 16.8. The smallest absolute Gasteiger partial charge is 0.279 e. The average Bonchev–Trinajstić information content (AvgIpc) is 3.14. The minimum absolute atomic E-state index is 0.199. The van der Waals surface area contributed by atoms with Crippen molar-refractivity contribution in [3.8, 4) is 5.75 Å². The van der Waals surface area contributed by atoms with Gasteiger partial charge in [0, 0.05) is 19.3 Å². The van der Waals surface area contributed by atoms with Crippen molar-refractivity contribution in [3.05, 3.63) is 58.6 Å². The van der Waals surface area contributed by atoms with Crippen LogP contribution >= 0.6 is 0 Å². The van der Waals surface area contributed by atoms with Crippen LogP contribution in [0.15, 0.2) is 35.0 Å². The van der Waals surface area contributed by atoms with E-state index in [4.69, 9.17) is 9.26 Å². The van der Waals surface area contributed by atoms with E-state index in [9.17, 15) is 4.79 Å². The number of aryl methyl sites for hydroxylation is 3. The van der Waals surface area contributed by atoms with E-state index < -0.39 is 0 Å². The third-order valence-corrected chi connectivity index (χ3v) is 4.08. The molecule has 2 aromatic heterocycles. The molecule has 2 heterocycles. The summed E-state index contributed by atoms with van der Waals surface area (Å²) < 4.78 is 12.7. The standard InChI is InChI=1S/C18H20N4O3/c1-11-6-5-7-15(12(11)2)24-10-14-13(3)25-21-17(14)18(23)19-16-8-9-22(4)20-16/h5-9H,10H2,1-4H3,(H,19,20,23). The van der Waals surface area contributed by atoms with Crippen LogP contribution in [0.25, 0.3) is 0 Å². The Morgan fingerprint density at radius 3 is 2.80 bits per heavy atom. The van der Waals surface area contributed by atoms with Gasteiger partial charge in [-0.25, -0.2) is 0 Å². The van der Waals surface area contributed by atoms with Crippen LogP contribution in [-0.2, 0) is 13.7 Å². The Hall–Kier alpha value is -3.09. The number of carbonyl (C=O) groups excluding carboxylic acids is 1. The molecule has 0 atom stereocenters. The van der Waals surface area contributed by atoms with Gasteiger partial charge >= 0.3 is 0 Å². The fourth-order valence-electron chi connectivity index (χ4n) is 2.43. The Morgan fingerprint density at radius 1 is 1.28 bits per heavy atom. The first-order chi connectivity index (χ1) is 12.0. The van der Waals surface area contributed by atoms with E-state index in [2.05, 4.69) is 15.6 Å². The van der Waals surface area contributed by atoms with Crippen molar-refractivity contribution < 1.29 is 14.1 Å². The molecule has 1 N–H and O–H groups in total. The number of nitrogens with one attached hydrogen (secondary N) is 1. The summed E-state index contributed by atoms with van der Waals surface area (Å²) in [6.45, 7) is 5.98. The molecule has 0 radical (unpaired) electrons. The van der Waals surface area contributed by atoms with E-state index in [0.717, 1.165) is 16.9 Å². The van der Waals surface area contributed by atoms with Crippen LogP contribution in [0.5, 0.6) is 5.75 Å². The monoisotopic (exact) mass is 340 g/mol. The zero-order valence-electron chi connectivity index (χ0n) is 14.7. The molecule has 0 bridgehead atoms. The summed E-state index contributed by atoms with van der Waals surface area (Å²) >= 11 is 0. The fourth-order valence-corrected chi connectivity index (χ4v) is 2.43. The number of rotatable bonds is 5. The van der Waals surface area contributed by atoms with Gasteiger partial charge in [-0.2, -0.15) is 5.10 Å². The topological polar surface area (TPSA) is 82.2 Å². The molecule has 0 aliphatic heterocycles. The van der Waals surface area contributed by atoms with Crippen molar-refractivity contribution in [2.45, 2.75) is 27.4 Å². The molecule has 0 fully saturated rings. The molecule has 3 rings (SSSR count). The highest BCUT2D eigenvalue weighted by Gasteiger charge is 2.21. The summed E-state index contributed by atoms with van der Waals surface area (Å²) in [5, 5.41) is 10.7.